The molecule has 0 bridgehead atoms. The van der Waals surface area contributed by atoms with Crippen LogP contribution in [0.3, 0.4) is 0 Å². The Morgan fingerprint density at radius 2 is 1.52 bits per heavy atom. The summed E-state index contributed by atoms with van der Waals surface area (Å²) in [5.74, 6) is 0.593. The summed E-state index contributed by atoms with van der Waals surface area (Å²) in [6.07, 6.45) is 12.0. The van der Waals surface area contributed by atoms with E-state index < -0.39 is 11.8 Å². The molecule has 7 rings (SSSR count). The molecule has 0 radical (unpaired) electrons. The Bertz CT molecular complexity index is 2350. The molecule has 18 heteroatoms. The van der Waals surface area contributed by atoms with Gasteiger partial charge in [0.2, 0.25) is 23.6 Å². The third-order valence-corrected chi connectivity index (χ3v) is 13.5. The van der Waals surface area contributed by atoms with Crippen LogP contribution in [0.1, 0.15) is 99.2 Å². The molecule has 2 aliphatic carbocycles. The first kappa shape index (κ1) is 52.8. The van der Waals surface area contributed by atoms with Crippen molar-refractivity contribution in [1.29, 1.82) is 0 Å². The van der Waals surface area contributed by atoms with Crippen molar-refractivity contribution in [3.05, 3.63) is 95.5 Å². The molecule has 2 aromatic carbocycles. The van der Waals surface area contributed by atoms with Crippen LogP contribution >= 0.6 is 11.6 Å². The number of halogens is 1. The van der Waals surface area contributed by atoms with Crippen LogP contribution in [-0.2, 0) is 33.4 Å². The molecular weight excluding hydrogens is 932 g/mol. The topological polar surface area (TPSA) is 209 Å². The molecule has 3 fully saturated rings. The quantitative estimate of drug-likeness (QED) is 0.0483. The highest BCUT2D eigenvalue weighted by atomic mass is 35.5. The van der Waals surface area contributed by atoms with E-state index in [1.165, 1.54) is 7.11 Å². The maximum absolute atomic E-state index is 13.0. The van der Waals surface area contributed by atoms with E-state index in [1.807, 2.05) is 24.3 Å². The van der Waals surface area contributed by atoms with Gasteiger partial charge in [0.25, 0.3) is 5.91 Å². The summed E-state index contributed by atoms with van der Waals surface area (Å²) in [5.41, 5.74) is 2.13. The first-order valence-electron chi connectivity index (χ1n) is 24.8. The first-order valence-corrected chi connectivity index (χ1v) is 25.2. The second kappa shape index (κ2) is 27.0. The van der Waals surface area contributed by atoms with Crippen molar-refractivity contribution >= 4 is 46.8 Å². The largest absolute Gasteiger partial charge is 0.497 e. The number of nitrogens with zero attached hydrogens (tertiary/aromatic N) is 2. The normalized spacial score (nSPS) is 21.1. The lowest BCUT2D eigenvalue weighted by atomic mass is 9.85. The Morgan fingerprint density at radius 3 is 2.25 bits per heavy atom. The van der Waals surface area contributed by atoms with Crippen molar-refractivity contribution in [3.8, 4) is 22.8 Å². The first-order chi connectivity index (χ1) is 34.5. The SMILES string of the molecule is COc1cc(NC(=O)c2ccc(-c3ccc(Cl)cc3)o2)cc(OCCOCCCNC(=O)C2CCC(NC(=O)CCCOC3CCC(OCCNC(=O)[C@H]4CC(=O)N(C)[C@@H]4c4cccnc4)CC3)CC2)c1. The van der Waals surface area contributed by atoms with Crippen molar-refractivity contribution in [2.75, 3.05) is 65.6 Å². The molecule has 1 aliphatic heterocycles. The minimum atomic E-state index is -0.468. The fraction of sp³-hybridized carbons (Fsp3) is 0.509. The van der Waals surface area contributed by atoms with Crippen LogP contribution in [0.15, 0.2) is 83.5 Å². The summed E-state index contributed by atoms with van der Waals surface area (Å²) in [6, 6.07) is 19.0. The summed E-state index contributed by atoms with van der Waals surface area (Å²) >= 11 is 5.99. The molecule has 71 heavy (non-hydrogen) atoms. The minimum Gasteiger partial charge on any atom is -0.497 e. The lowest BCUT2D eigenvalue weighted by Crippen LogP contribution is -2.41. The minimum absolute atomic E-state index is 0.0169. The summed E-state index contributed by atoms with van der Waals surface area (Å²) in [7, 11) is 3.26. The molecule has 3 heterocycles. The molecule has 382 valence electrons. The lowest BCUT2D eigenvalue weighted by Gasteiger charge is -2.29. The molecule has 17 nitrogen and oxygen atoms in total. The highest BCUT2D eigenvalue weighted by Gasteiger charge is 2.42. The van der Waals surface area contributed by atoms with E-state index >= 15 is 0 Å². The molecule has 2 saturated carbocycles. The summed E-state index contributed by atoms with van der Waals surface area (Å²) in [6.45, 7) is 2.87. The third kappa shape index (κ3) is 16.0. The standard InChI is InChI=1S/C53H67ClN6O11/c1-60-49(62)33-45(50(60)37-6-3-22-55-34-37)52(64)57-24-27-69-42-18-16-41(17-19-42)68-26-4-7-48(61)58-39-14-10-36(11-15-39)51(63)56-23-5-25-67-28-29-70-44-31-40(30-43(32-44)66-2)59-53(65)47-21-20-46(71-47)35-8-12-38(54)13-9-35/h3,6,8-9,12-13,20-22,30-32,34,36,39,41-42,45,50H,4-5,7,10-11,14-19,23-29,33H2,1-2H3,(H,56,63)(H,57,64)(H,58,61)(H,59,65)/t36?,39?,41?,42?,45-,50+/m0/s1. The molecule has 1 saturated heterocycles. The Hall–Kier alpha value is -6.01. The fourth-order valence-electron chi connectivity index (χ4n) is 9.41. The van der Waals surface area contributed by atoms with Gasteiger partial charge in [-0.05, 0) is 112 Å². The van der Waals surface area contributed by atoms with Crippen LogP contribution in [0, 0.1) is 11.8 Å². The highest BCUT2D eigenvalue weighted by molar-refractivity contribution is 6.30. The number of carbonyl (C=O) groups is 5. The zero-order valence-corrected chi connectivity index (χ0v) is 41.4. The second-order valence-electron chi connectivity index (χ2n) is 18.3. The predicted octanol–water partition coefficient (Wildman–Crippen LogP) is 7.29. The lowest BCUT2D eigenvalue weighted by molar-refractivity contribution is -0.128. The van der Waals surface area contributed by atoms with Gasteiger partial charge in [0.1, 0.15) is 23.9 Å². The number of methoxy groups -OCH3 is 1. The number of likely N-dealkylation sites (tertiary alicyclic amines) is 1. The third-order valence-electron chi connectivity index (χ3n) is 13.3. The van der Waals surface area contributed by atoms with E-state index in [-0.39, 0.29) is 72.6 Å². The van der Waals surface area contributed by atoms with Gasteiger partial charge in [-0.2, -0.15) is 0 Å². The van der Waals surface area contributed by atoms with Crippen LogP contribution in [0.25, 0.3) is 11.3 Å². The fourth-order valence-corrected chi connectivity index (χ4v) is 9.53. The van der Waals surface area contributed by atoms with Gasteiger partial charge in [-0.1, -0.05) is 17.7 Å². The number of ether oxygens (including phenoxy) is 5. The number of hydrogen-bond acceptors (Lipinski definition) is 12. The molecule has 3 aliphatic rings. The Morgan fingerprint density at radius 1 is 0.789 bits per heavy atom. The number of aromatic nitrogens is 1. The zero-order chi connectivity index (χ0) is 50.0. The van der Waals surface area contributed by atoms with Gasteiger partial charge in [0.15, 0.2) is 5.76 Å². The van der Waals surface area contributed by atoms with Gasteiger partial charge in [-0.15, -0.1) is 0 Å². The van der Waals surface area contributed by atoms with Crippen molar-refractivity contribution < 1.29 is 52.1 Å². The van der Waals surface area contributed by atoms with Crippen molar-refractivity contribution in [1.82, 2.24) is 25.8 Å². The van der Waals surface area contributed by atoms with Crippen LogP contribution < -0.4 is 30.7 Å². The zero-order valence-electron chi connectivity index (χ0n) is 40.7. The Labute approximate surface area is 420 Å². The number of nitrogens with one attached hydrogen (secondary N) is 4. The van der Waals surface area contributed by atoms with E-state index in [1.54, 1.807) is 66.8 Å². The van der Waals surface area contributed by atoms with E-state index in [9.17, 15) is 24.0 Å². The van der Waals surface area contributed by atoms with E-state index in [0.717, 1.165) is 62.5 Å². The van der Waals surface area contributed by atoms with Crippen molar-refractivity contribution in [2.45, 2.75) is 101 Å². The number of furan rings is 1. The summed E-state index contributed by atoms with van der Waals surface area (Å²) in [5, 5.41) is 12.6. The molecular formula is C53H67ClN6O11. The number of amides is 5. The van der Waals surface area contributed by atoms with Crippen molar-refractivity contribution in [3.63, 3.8) is 0 Å². The molecule has 4 aromatic rings. The maximum Gasteiger partial charge on any atom is 0.291 e. The van der Waals surface area contributed by atoms with Crippen LogP contribution in [0.2, 0.25) is 5.02 Å². The van der Waals surface area contributed by atoms with E-state index in [4.69, 9.17) is 39.7 Å². The molecule has 2 aromatic heterocycles. The molecule has 5 amide bonds. The number of rotatable bonds is 25. The number of carbonyl (C=O) groups excluding carboxylic acids is 5. The molecule has 2 atom stereocenters. The Kier molecular flexibility index (Phi) is 20.1. The Balaban J connectivity index is 0.669. The van der Waals surface area contributed by atoms with Crippen LogP contribution in [0.4, 0.5) is 5.69 Å². The maximum atomic E-state index is 13.0. The second-order valence-corrected chi connectivity index (χ2v) is 18.8. The smallest absolute Gasteiger partial charge is 0.291 e. The monoisotopic (exact) mass is 998 g/mol. The van der Waals surface area contributed by atoms with Gasteiger partial charge < -0.3 is 54.3 Å². The molecule has 4 N–H and O–H groups in total. The average molecular weight is 1000 g/mol. The predicted molar refractivity (Wildman–Crippen MR) is 266 cm³/mol. The number of pyridine rings is 1. The van der Waals surface area contributed by atoms with Crippen molar-refractivity contribution in [2.24, 2.45) is 11.8 Å². The average Bonchev–Trinajstić information content (AvgIpc) is 4.00. The van der Waals surface area contributed by atoms with Gasteiger partial charge in [0.05, 0.1) is 44.5 Å². The highest BCUT2D eigenvalue weighted by Crippen LogP contribution is 2.37. The molecule has 0 spiro atoms. The number of anilines is 1. The van der Waals surface area contributed by atoms with Gasteiger partial charge in [-0.3, -0.25) is 29.0 Å². The number of hydrogen-bond donors (Lipinski definition) is 4. The summed E-state index contributed by atoms with van der Waals surface area (Å²) < 4.78 is 35.0. The number of benzene rings is 2. The van der Waals surface area contributed by atoms with Crippen LogP contribution in [-0.4, -0.2) is 118 Å². The summed E-state index contributed by atoms with van der Waals surface area (Å²) in [4.78, 5) is 69.8. The van der Waals surface area contributed by atoms with Gasteiger partial charge in [0, 0.05) is 105 Å². The van der Waals surface area contributed by atoms with E-state index in [2.05, 4.69) is 26.3 Å². The van der Waals surface area contributed by atoms with Gasteiger partial charge in [-0.25, -0.2) is 0 Å². The van der Waals surface area contributed by atoms with E-state index in [0.29, 0.717) is 86.7 Å². The van der Waals surface area contributed by atoms with Crippen LogP contribution in [0.5, 0.6) is 11.5 Å². The molecule has 0 unspecified atom stereocenters. The van der Waals surface area contributed by atoms with Gasteiger partial charge >= 0.3 is 0 Å².